The SMILES string of the molecule is COc1cc2ccc1Oc1cccc(c1)CO[C@H]1CN(C(=O)c3ccc4[nH]ccc4c3)CC[C@@H]1NC(=O)CN(C)C(=O)CC2. The van der Waals surface area contributed by atoms with Crippen molar-refractivity contribution in [3.8, 4) is 17.2 Å². The number of nitrogens with one attached hydrogen (secondary N) is 2. The van der Waals surface area contributed by atoms with Crippen molar-refractivity contribution in [2.75, 3.05) is 33.8 Å². The molecule has 3 aliphatic heterocycles. The van der Waals surface area contributed by atoms with Gasteiger partial charge in [0.05, 0.1) is 32.4 Å². The first kappa shape index (κ1) is 29.3. The molecule has 2 atom stereocenters. The number of ether oxygens (including phenoxy) is 3. The molecule has 1 aromatic heterocycles. The van der Waals surface area contributed by atoms with Crippen molar-refractivity contribution in [3.63, 3.8) is 0 Å². The van der Waals surface area contributed by atoms with E-state index in [1.54, 1.807) is 19.1 Å². The maximum Gasteiger partial charge on any atom is 0.253 e. The number of aromatic amines is 1. The number of nitrogens with zero attached hydrogens (tertiary/aromatic N) is 2. The van der Waals surface area contributed by atoms with Gasteiger partial charge in [-0.3, -0.25) is 14.4 Å². The van der Waals surface area contributed by atoms with Crippen LogP contribution in [0.1, 0.15) is 34.3 Å². The van der Waals surface area contributed by atoms with Gasteiger partial charge in [-0.2, -0.15) is 0 Å². The molecule has 228 valence electrons. The number of amides is 3. The van der Waals surface area contributed by atoms with E-state index in [9.17, 15) is 14.4 Å². The number of rotatable bonds is 2. The van der Waals surface area contributed by atoms with E-state index in [1.165, 1.54) is 4.90 Å². The number of carbonyl (C=O) groups excluding carboxylic acids is 3. The monoisotopic (exact) mass is 596 g/mol. The van der Waals surface area contributed by atoms with Crippen molar-refractivity contribution in [2.24, 2.45) is 0 Å². The van der Waals surface area contributed by atoms with Gasteiger partial charge in [-0.05, 0) is 72.5 Å². The van der Waals surface area contributed by atoms with Gasteiger partial charge in [-0.15, -0.1) is 0 Å². The number of carbonyl (C=O) groups is 3. The van der Waals surface area contributed by atoms with Crippen LogP contribution in [0.4, 0.5) is 0 Å². The molecular formula is C34H36N4O6. The molecule has 0 saturated carbocycles. The summed E-state index contributed by atoms with van der Waals surface area (Å²) in [7, 11) is 3.21. The fourth-order valence-corrected chi connectivity index (χ4v) is 5.78. The number of fused-ring (bicyclic) bond motifs is 10. The first-order chi connectivity index (χ1) is 21.4. The Morgan fingerprint density at radius 2 is 1.89 bits per heavy atom. The van der Waals surface area contributed by atoms with E-state index in [-0.39, 0.29) is 43.3 Å². The van der Waals surface area contributed by atoms with Crippen LogP contribution in [-0.4, -0.2) is 78.4 Å². The summed E-state index contributed by atoms with van der Waals surface area (Å²) in [6, 6.07) is 20.4. The lowest BCUT2D eigenvalue weighted by molar-refractivity contribution is -0.135. The largest absolute Gasteiger partial charge is 0.493 e. The molecule has 4 aromatic rings. The number of likely N-dealkylation sites (N-methyl/N-ethyl adjacent to an activating group) is 1. The standard InChI is InChI=1S/C34H36N4O6/c1-37-20-32(39)36-28-13-15-38(34(41)25-8-9-27-24(18-25)12-14-35-27)19-31(28)43-21-23-4-3-5-26(16-23)44-29-10-6-22(7-11-33(37)40)17-30(29)42-2/h3-6,8-10,12,14,16-18,28,31,35H,7,11,13,15,19-21H2,1-2H3,(H,36,39)/t28-,31-/m0/s1. The van der Waals surface area contributed by atoms with Gasteiger partial charge in [0, 0.05) is 49.2 Å². The second-order valence-corrected chi connectivity index (χ2v) is 11.3. The molecule has 4 bridgehead atoms. The van der Waals surface area contributed by atoms with Gasteiger partial charge in [0.25, 0.3) is 5.91 Å². The minimum absolute atomic E-state index is 0.0699. The minimum Gasteiger partial charge on any atom is -0.493 e. The van der Waals surface area contributed by atoms with Crippen LogP contribution in [0.25, 0.3) is 10.9 Å². The number of hydrogen-bond acceptors (Lipinski definition) is 6. The number of likely N-dealkylation sites (tertiary alicyclic amines) is 1. The fourth-order valence-electron chi connectivity index (χ4n) is 5.78. The molecule has 0 radical (unpaired) electrons. The lowest BCUT2D eigenvalue weighted by Crippen LogP contribution is -2.57. The molecule has 3 aliphatic rings. The quantitative estimate of drug-likeness (QED) is 0.357. The average Bonchev–Trinajstić information content (AvgIpc) is 3.51. The molecule has 44 heavy (non-hydrogen) atoms. The number of methoxy groups -OCH3 is 1. The highest BCUT2D eigenvalue weighted by molar-refractivity contribution is 5.98. The third-order valence-corrected chi connectivity index (χ3v) is 8.25. The average molecular weight is 597 g/mol. The Kier molecular flexibility index (Phi) is 8.51. The van der Waals surface area contributed by atoms with E-state index in [1.807, 2.05) is 72.9 Å². The molecule has 10 nitrogen and oxygen atoms in total. The summed E-state index contributed by atoms with van der Waals surface area (Å²) in [5.41, 5.74) is 3.38. The summed E-state index contributed by atoms with van der Waals surface area (Å²) in [4.78, 5) is 45.9. The molecular weight excluding hydrogens is 560 g/mol. The predicted octanol–water partition coefficient (Wildman–Crippen LogP) is 4.29. The van der Waals surface area contributed by atoms with Gasteiger partial charge in [0.15, 0.2) is 11.5 Å². The third-order valence-electron chi connectivity index (χ3n) is 8.25. The Morgan fingerprint density at radius 1 is 1.00 bits per heavy atom. The van der Waals surface area contributed by atoms with Crippen molar-refractivity contribution in [1.29, 1.82) is 0 Å². The second-order valence-electron chi connectivity index (χ2n) is 11.3. The van der Waals surface area contributed by atoms with E-state index in [0.717, 1.165) is 22.0 Å². The van der Waals surface area contributed by atoms with Crippen molar-refractivity contribution >= 4 is 28.6 Å². The molecule has 0 unspecified atom stereocenters. The van der Waals surface area contributed by atoms with Crippen molar-refractivity contribution in [2.45, 2.75) is 38.0 Å². The van der Waals surface area contributed by atoms with Crippen LogP contribution >= 0.6 is 0 Å². The predicted molar refractivity (Wildman–Crippen MR) is 165 cm³/mol. The fraction of sp³-hybridized carbons (Fsp3) is 0.324. The molecule has 2 N–H and O–H groups in total. The third kappa shape index (κ3) is 6.55. The van der Waals surface area contributed by atoms with Crippen LogP contribution in [0.5, 0.6) is 17.2 Å². The van der Waals surface area contributed by atoms with Crippen LogP contribution < -0.4 is 14.8 Å². The summed E-state index contributed by atoms with van der Waals surface area (Å²) < 4.78 is 18.2. The molecule has 7 rings (SSSR count). The lowest BCUT2D eigenvalue weighted by Gasteiger charge is -2.39. The highest BCUT2D eigenvalue weighted by Crippen LogP contribution is 2.33. The van der Waals surface area contributed by atoms with E-state index in [2.05, 4.69) is 10.3 Å². The Hall–Kier alpha value is -4.83. The first-order valence-electron chi connectivity index (χ1n) is 14.8. The molecule has 0 spiro atoms. The molecule has 3 amide bonds. The summed E-state index contributed by atoms with van der Waals surface area (Å²) in [5.74, 6) is 1.25. The maximum absolute atomic E-state index is 13.5. The van der Waals surface area contributed by atoms with E-state index in [0.29, 0.717) is 48.7 Å². The van der Waals surface area contributed by atoms with Gasteiger partial charge in [-0.1, -0.05) is 18.2 Å². The smallest absolute Gasteiger partial charge is 0.253 e. The van der Waals surface area contributed by atoms with Gasteiger partial charge >= 0.3 is 0 Å². The number of piperidine rings is 1. The van der Waals surface area contributed by atoms with Crippen molar-refractivity contribution in [3.05, 3.63) is 89.6 Å². The number of aryl methyl sites for hydroxylation is 1. The van der Waals surface area contributed by atoms with E-state index < -0.39 is 6.10 Å². The number of H-pyrrole nitrogens is 1. The lowest BCUT2D eigenvalue weighted by atomic mass is 10.00. The Bertz CT molecular complexity index is 1680. The molecule has 10 heteroatoms. The zero-order valence-electron chi connectivity index (χ0n) is 24.9. The van der Waals surface area contributed by atoms with Gasteiger partial charge in [-0.25, -0.2) is 0 Å². The molecule has 0 aliphatic carbocycles. The van der Waals surface area contributed by atoms with Crippen LogP contribution in [0.15, 0.2) is 72.9 Å². The zero-order chi connectivity index (χ0) is 30.6. The van der Waals surface area contributed by atoms with Crippen molar-refractivity contribution in [1.82, 2.24) is 20.1 Å². The van der Waals surface area contributed by atoms with E-state index >= 15 is 0 Å². The van der Waals surface area contributed by atoms with Gasteiger partial charge < -0.3 is 34.3 Å². The Balaban J connectivity index is 1.25. The van der Waals surface area contributed by atoms with Crippen LogP contribution in [0.3, 0.4) is 0 Å². The Labute approximate surface area is 255 Å². The molecule has 3 aromatic carbocycles. The van der Waals surface area contributed by atoms with Crippen LogP contribution in [0.2, 0.25) is 0 Å². The normalized spacial score (nSPS) is 19.8. The second kappa shape index (κ2) is 12.8. The topological polar surface area (TPSA) is 113 Å². The zero-order valence-corrected chi connectivity index (χ0v) is 24.9. The Morgan fingerprint density at radius 3 is 2.75 bits per heavy atom. The number of aromatic nitrogens is 1. The maximum atomic E-state index is 13.5. The molecule has 4 heterocycles. The molecule has 1 saturated heterocycles. The summed E-state index contributed by atoms with van der Waals surface area (Å²) in [5, 5.41) is 4.05. The summed E-state index contributed by atoms with van der Waals surface area (Å²) in [6.45, 7) is 0.953. The highest BCUT2D eigenvalue weighted by atomic mass is 16.5. The summed E-state index contributed by atoms with van der Waals surface area (Å²) >= 11 is 0. The summed E-state index contributed by atoms with van der Waals surface area (Å²) in [6.07, 6.45) is 2.64. The van der Waals surface area contributed by atoms with Crippen molar-refractivity contribution < 1.29 is 28.6 Å². The van der Waals surface area contributed by atoms with Crippen LogP contribution in [-0.2, 0) is 27.4 Å². The highest BCUT2D eigenvalue weighted by Gasteiger charge is 2.34. The van der Waals surface area contributed by atoms with Gasteiger partial charge in [0.1, 0.15) is 5.75 Å². The minimum atomic E-state index is -0.465. The first-order valence-corrected chi connectivity index (χ1v) is 14.8. The number of hydrogen-bond donors (Lipinski definition) is 2. The van der Waals surface area contributed by atoms with Gasteiger partial charge in [0.2, 0.25) is 11.8 Å². The number of benzene rings is 3. The van der Waals surface area contributed by atoms with Crippen LogP contribution in [0, 0.1) is 0 Å². The molecule has 1 fully saturated rings. The van der Waals surface area contributed by atoms with E-state index in [4.69, 9.17) is 14.2 Å².